The summed E-state index contributed by atoms with van der Waals surface area (Å²) in [6.07, 6.45) is 0. The lowest BCUT2D eigenvalue weighted by atomic mass is 10.0. The lowest BCUT2D eigenvalue weighted by Gasteiger charge is -2.24. The number of rotatable bonds is 5. The summed E-state index contributed by atoms with van der Waals surface area (Å²) in [4.78, 5) is 15.0. The van der Waals surface area contributed by atoms with E-state index >= 15 is 0 Å². The van der Waals surface area contributed by atoms with Gasteiger partial charge >= 0.3 is 0 Å². The second-order valence-electron chi connectivity index (χ2n) is 5.17. The van der Waals surface area contributed by atoms with Gasteiger partial charge in [0.25, 0.3) is 5.91 Å². The summed E-state index contributed by atoms with van der Waals surface area (Å²) in [5.74, 6) is 0.0382. The molecule has 0 spiro atoms. The molecule has 0 radical (unpaired) electrons. The standard InChI is InChI=1S/C17H20N2OS/c1-3-19(11-12(2)16(18)21)17(20)15-10-6-8-13-7-4-5-9-14(13)15/h4-10,12H,3,11H2,1-2H3,(H2,18,21). The zero-order chi connectivity index (χ0) is 15.4. The smallest absolute Gasteiger partial charge is 0.254 e. The predicted molar refractivity (Wildman–Crippen MR) is 91.5 cm³/mol. The largest absolute Gasteiger partial charge is 0.393 e. The van der Waals surface area contributed by atoms with Gasteiger partial charge in [-0.05, 0) is 23.8 Å². The highest BCUT2D eigenvalue weighted by Crippen LogP contribution is 2.20. The van der Waals surface area contributed by atoms with Gasteiger partial charge in [0.15, 0.2) is 0 Å². The van der Waals surface area contributed by atoms with E-state index in [0.29, 0.717) is 18.1 Å². The minimum Gasteiger partial charge on any atom is -0.393 e. The summed E-state index contributed by atoms with van der Waals surface area (Å²) in [5, 5.41) is 2.05. The van der Waals surface area contributed by atoms with Gasteiger partial charge in [-0.2, -0.15) is 0 Å². The Labute approximate surface area is 130 Å². The number of nitrogens with zero attached hydrogens (tertiary/aromatic N) is 1. The van der Waals surface area contributed by atoms with E-state index in [9.17, 15) is 4.79 Å². The Morgan fingerprint density at radius 2 is 1.90 bits per heavy atom. The van der Waals surface area contributed by atoms with E-state index in [2.05, 4.69) is 0 Å². The molecule has 2 rings (SSSR count). The molecule has 0 aliphatic rings. The third-order valence-electron chi connectivity index (χ3n) is 3.67. The molecule has 1 unspecified atom stereocenters. The van der Waals surface area contributed by atoms with Gasteiger partial charge in [-0.25, -0.2) is 0 Å². The van der Waals surface area contributed by atoms with Crippen molar-refractivity contribution in [3.05, 3.63) is 48.0 Å². The zero-order valence-corrected chi connectivity index (χ0v) is 13.2. The molecule has 2 aromatic carbocycles. The van der Waals surface area contributed by atoms with Crippen LogP contribution in [0.4, 0.5) is 0 Å². The summed E-state index contributed by atoms with van der Waals surface area (Å²) >= 11 is 5.00. The molecule has 0 fully saturated rings. The van der Waals surface area contributed by atoms with Gasteiger partial charge in [-0.3, -0.25) is 4.79 Å². The second kappa shape index (κ2) is 6.68. The molecular formula is C17H20N2OS. The number of hydrogen-bond donors (Lipinski definition) is 1. The molecule has 1 atom stereocenters. The molecule has 2 aromatic rings. The van der Waals surface area contributed by atoms with Crippen molar-refractivity contribution in [2.75, 3.05) is 13.1 Å². The maximum Gasteiger partial charge on any atom is 0.254 e. The highest BCUT2D eigenvalue weighted by atomic mass is 32.1. The molecule has 0 heterocycles. The van der Waals surface area contributed by atoms with Gasteiger partial charge in [0.2, 0.25) is 0 Å². The molecule has 0 aliphatic carbocycles. The average molecular weight is 300 g/mol. The van der Waals surface area contributed by atoms with E-state index < -0.39 is 0 Å². The normalized spacial score (nSPS) is 12.1. The fourth-order valence-corrected chi connectivity index (χ4v) is 2.43. The Balaban J connectivity index is 2.34. The molecular weight excluding hydrogens is 280 g/mol. The van der Waals surface area contributed by atoms with Crippen LogP contribution in [-0.4, -0.2) is 28.9 Å². The first kappa shape index (κ1) is 15.4. The monoisotopic (exact) mass is 300 g/mol. The quantitative estimate of drug-likeness (QED) is 0.862. The molecule has 3 nitrogen and oxygen atoms in total. The number of carbonyl (C=O) groups excluding carboxylic acids is 1. The van der Waals surface area contributed by atoms with Crippen LogP contribution in [0, 0.1) is 5.92 Å². The number of hydrogen-bond acceptors (Lipinski definition) is 2. The Kier molecular flexibility index (Phi) is 4.91. The van der Waals surface area contributed by atoms with Crippen LogP contribution in [0.25, 0.3) is 10.8 Å². The van der Waals surface area contributed by atoms with Crippen molar-refractivity contribution in [3.63, 3.8) is 0 Å². The van der Waals surface area contributed by atoms with Crippen LogP contribution in [0.5, 0.6) is 0 Å². The summed E-state index contributed by atoms with van der Waals surface area (Å²) in [6, 6.07) is 13.7. The van der Waals surface area contributed by atoms with Gasteiger partial charge in [-0.15, -0.1) is 0 Å². The van der Waals surface area contributed by atoms with Gasteiger partial charge in [0.1, 0.15) is 0 Å². The number of benzene rings is 2. The molecule has 0 bridgehead atoms. The van der Waals surface area contributed by atoms with E-state index in [1.165, 1.54) is 0 Å². The molecule has 2 N–H and O–H groups in total. The van der Waals surface area contributed by atoms with E-state index in [0.717, 1.165) is 16.3 Å². The van der Waals surface area contributed by atoms with Gasteiger partial charge in [-0.1, -0.05) is 55.5 Å². The summed E-state index contributed by atoms with van der Waals surface area (Å²) < 4.78 is 0. The molecule has 110 valence electrons. The molecule has 0 aliphatic heterocycles. The number of amides is 1. The summed E-state index contributed by atoms with van der Waals surface area (Å²) in [6.45, 7) is 5.10. The molecule has 0 saturated heterocycles. The molecule has 0 aromatic heterocycles. The van der Waals surface area contributed by atoms with E-state index in [1.807, 2.05) is 56.3 Å². The Bertz CT molecular complexity index is 663. The lowest BCUT2D eigenvalue weighted by Crippen LogP contribution is -2.38. The first-order valence-corrected chi connectivity index (χ1v) is 7.51. The van der Waals surface area contributed by atoms with Crippen molar-refractivity contribution in [1.29, 1.82) is 0 Å². The lowest BCUT2D eigenvalue weighted by molar-refractivity contribution is 0.0757. The SMILES string of the molecule is CCN(CC(C)C(N)=S)C(=O)c1cccc2ccccc12. The van der Waals surface area contributed by atoms with Gasteiger partial charge < -0.3 is 10.6 Å². The third kappa shape index (κ3) is 3.39. The summed E-state index contributed by atoms with van der Waals surface area (Å²) in [5.41, 5.74) is 6.39. The topological polar surface area (TPSA) is 46.3 Å². The van der Waals surface area contributed by atoms with Crippen LogP contribution in [0.15, 0.2) is 42.5 Å². The first-order valence-electron chi connectivity index (χ1n) is 7.11. The van der Waals surface area contributed by atoms with E-state index in [4.69, 9.17) is 18.0 Å². The first-order chi connectivity index (χ1) is 10.0. The van der Waals surface area contributed by atoms with Crippen molar-refractivity contribution < 1.29 is 4.79 Å². The molecule has 1 amide bonds. The highest BCUT2D eigenvalue weighted by Gasteiger charge is 2.19. The fourth-order valence-electron chi connectivity index (χ4n) is 2.36. The number of carbonyl (C=O) groups is 1. The maximum absolute atomic E-state index is 12.8. The van der Waals surface area contributed by atoms with Crippen molar-refractivity contribution in [1.82, 2.24) is 4.90 Å². The predicted octanol–water partition coefficient (Wildman–Crippen LogP) is 3.22. The number of thiocarbonyl (C=S) groups is 1. The molecule has 0 saturated carbocycles. The van der Waals surface area contributed by atoms with Crippen molar-refractivity contribution in [3.8, 4) is 0 Å². The van der Waals surface area contributed by atoms with Crippen molar-refractivity contribution >= 4 is 33.9 Å². The van der Waals surface area contributed by atoms with Crippen molar-refractivity contribution in [2.45, 2.75) is 13.8 Å². The highest BCUT2D eigenvalue weighted by molar-refractivity contribution is 7.80. The van der Waals surface area contributed by atoms with Crippen LogP contribution in [-0.2, 0) is 0 Å². The van der Waals surface area contributed by atoms with Crippen LogP contribution in [0.3, 0.4) is 0 Å². The number of nitrogens with two attached hydrogens (primary N) is 1. The number of fused-ring (bicyclic) bond motifs is 1. The summed E-state index contributed by atoms with van der Waals surface area (Å²) in [7, 11) is 0. The molecule has 21 heavy (non-hydrogen) atoms. The van der Waals surface area contributed by atoms with Crippen molar-refractivity contribution in [2.24, 2.45) is 11.7 Å². The minimum absolute atomic E-state index is 0.0128. The third-order valence-corrected chi connectivity index (χ3v) is 4.07. The van der Waals surface area contributed by atoms with Crippen LogP contribution in [0.2, 0.25) is 0 Å². The van der Waals surface area contributed by atoms with Crippen LogP contribution in [0.1, 0.15) is 24.2 Å². The maximum atomic E-state index is 12.8. The van der Waals surface area contributed by atoms with Crippen LogP contribution < -0.4 is 5.73 Å². The fraction of sp³-hybridized carbons (Fsp3) is 0.294. The Hall–Kier alpha value is -1.94. The zero-order valence-electron chi connectivity index (χ0n) is 12.4. The van der Waals surface area contributed by atoms with E-state index in [-0.39, 0.29) is 11.8 Å². The van der Waals surface area contributed by atoms with Crippen LogP contribution >= 0.6 is 12.2 Å². The Morgan fingerprint density at radius 1 is 1.24 bits per heavy atom. The minimum atomic E-state index is 0.0128. The molecule has 4 heteroatoms. The van der Waals surface area contributed by atoms with Gasteiger partial charge in [0, 0.05) is 24.6 Å². The second-order valence-corrected chi connectivity index (χ2v) is 5.65. The Morgan fingerprint density at radius 3 is 2.57 bits per heavy atom. The van der Waals surface area contributed by atoms with Gasteiger partial charge in [0.05, 0.1) is 4.99 Å². The van der Waals surface area contributed by atoms with E-state index in [1.54, 1.807) is 4.90 Å². The average Bonchev–Trinajstić information content (AvgIpc) is 2.51.